The highest BCUT2D eigenvalue weighted by Crippen LogP contribution is 2.65. The van der Waals surface area contributed by atoms with Gasteiger partial charge in [-0.2, -0.15) is 0 Å². The predicted octanol–water partition coefficient (Wildman–Crippen LogP) is 2.31. The second kappa shape index (κ2) is 7.58. The van der Waals surface area contributed by atoms with Gasteiger partial charge in [-0.1, -0.05) is 26.8 Å². The number of alkyl halides is 2. The molecule has 1 aliphatic heterocycles. The van der Waals surface area contributed by atoms with Gasteiger partial charge in [-0.3, -0.25) is 0 Å². The molecule has 2 heterocycles. The Morgan fingerprint density at radius 2 is 1.89 bits per heavy atom. The van der Waals surface area contributed by atoms with Crippen molar-refractivity contribution in [2.45, 2.75) is 33.2 Å². The first-order valence-corrected chi connectivity index (χ1v) is 9.57. The van der Waals surface area contributed by atoms with Crippen LogP contribution in [0.2, 0.25) is 0 Å². The van der Waals surface area contributed by atoms with E-state index in [4.69, 9.17) is 0 Å². The van der Waals surface area contributed by atoms with Crippen LogP contribution < -0.4 is 15.5 Å². The number of hydrogen-bond acceptors (Lipinski definition) is 4. The third-order valence-corrected chi connectivity index (χ3v) is 5.96. The quantitative estimate of drug-likeness (QED) is 0.794. The Bertz CT molecular complexity index is 643. The number of urea groups is 1. The molecule has 0 bridgehead atoms. The van der Waals surface area contributed by atoms with Gasteiger partial charge >= 0.3 is 6.03 Å². The second-order valence-corrected chi connectivity index (χ2v) is 7.91. The number of nitrogens with zero attached hydrogens (tertiary/aromatic N) is 3. The van der Waals surface area contributed by atoms with Gasteiger partial charge in [-0.25, -0.2) is 18.6 Å². The molecule has 150 valence electrons. The number of anilines is 1. The molecule has 1 aromatic rings. The minimum Gasteiger partial charge on any atom is -0.354 e. The minimum atomic E-state index is -2.71. The number of likely N-dealkylation sites (N-methyl/N-ethyl adjacent to an activating group) is 1. The van der Waals surface area contributed by atoms with E-state index in [1.165, 1.54) is 13.8 Å². The summed E-state index contributed by atoms with van der Waals surface area (Å²) < 4.78 is 27.0. The van der Waals surface area contributed by atoms with E-state index in [0.717, 1.165) is 44.1 Å². The van der Waals surface area contributed by atoms with Gasteiger partial charge in [-0.05, 0) is 18.2 Å². The lowest BCUT2D eigenvalue weighted by molar-refractivity contribution is 0.0668. The van der Waals surface area contributed by atoms with Gasteiger partial charge in [0.1, 0.15) is 5.82 Å². The molecule has 1 saturated heterocycles. The van der Waals surface area contributed by atoms with Crippen molar-refractivity contribution in [2.24, 2.45) is 11.3 Å². The fraction of sp³-hybridized carbons (Fsp3) is 0.684. The van der Waals surface area contributed by atoms with Crippen LogP contribution in [-0.4, -0.2) is 61.1 Å². The van der Waals surface area contributed by atoms with Gasteiger partial charge < -0.3 is 20.4 Å². The summed E-state index contributed by atoms with van der Waals surface area (Å²) in [6, 6.07) is 3.46. The third-order valence-electron chi connectivity index (χ3n) is 5.96. The lowest BCUT2D eigenvalue weighted by atomic mass is 10.1. The molecule has 2 fully saturated rings. The van der Waals surface area contributed by atoms with Gasteiger partial charge in [-0.15, -0.1) is 0 Å². The number of amides is 2. The first kappa shape index (κ1) is 19.8. The average molecular weight is 381 g/mol. The summed E-state index contributed by atoms with van der Waals surface area (Å²) >= 11 is 0. The van der Waals surface area contributed by atoms with Crippen LogP contribution in [0, 0.1) is 11.3 Å². The maximum absolute atomic E-state index is 13.5. The van der Waals surface area contributed by atoms with Crippen LogP contribution in [-0.2, 0) is 6.54 Å². The Hall–Kier alpha value is -1.96. The molecule has 0 radical (unpaired) electrons. The minimum absolute atomic E-state index is 0.0211. The number of carbonyl (C=O) groups excluding carboxylic acids is 1. The van der Waals surface area contributed by atoms with E-state index in [1.807, 2.05) is 12.1 Å². The maximum Gasteiger partial charge on any atom is 0.315 e. The van der Waals surface area contributed by atoms with Crippen molar-refractivity contribution in [2.75, 3.05) is 44.2 Å². The first-order chi connectivity index (χ1) is 12.8. The van der Waals surface area contributed by atoms with Crippen LogP contribution in [0.15, 0.2) is 18.3 Å². The van der Waals surface area contributed by atoms with Crippen molar-refractivity contribution in [3.05, 3.63) is 23.9 Å². The SMILES string of the molecule is CCN1CCN(c2ccc(CNC(=O)NCC3C(C)(C)C3(F)F)cn2)CC1. The molecule has 3 rings (SSSR count). The Morgan fingerprint density at radius 3 is 2.41 bits per heavy atom. The molecule has 1 aromatic heterocycles. The number of nitrogens with one attached hydrogen (secondary N) is 2. The topological polar surface area (TPSA) is 60.5 Å². The van der Waals surface area contributed by atoms with E-state index in [-0.39, 0.29) is 6.54 Å². The van der Waals surface area contributed by atoms with E-state index >= 15 is 0 Å². The normalized spacial score (nSPS) is 23.7. The number of carbonyl (C=O) groups is 1. The van der Waals surface area contributed by atoms with Crippen molar-refractivity contribution in [1.29, 1.82) is 0 Å². The monoisotopic (exact) mass is 381 g/mol. The van der Waals surface area contributed by atoms with Crippen LogP contribution >= 0.6 is 0 Å². The molecular formula is C19H29F2N5O. The molecule has 2 N–H and O–H groups in total. The molecule has 27 heavy (non-hydrogen) atoms. The summed E-state index contributed by atoms with van der Waals surface area (Å²) in [4.78, 5) is 21.0. The Kier molecular flexibility index (Phi) is 5.55. The lowest BCUT2D eigenvalue weighted by Gasteiger charge is -2.34. The molecule has 1 atom stereocenters. The number of piperazine rings is 1. The second-order valence-electron chi connectivity index (χ2n) is 7.91. The Morgan fingerprint density at radius 1 is 1.22 bits per heavy atom. The van der Waals surface area contributed by atoms with Crippen molar-refractivity contribution in [3.8, 4) is 0 Å². The number of hydrogen-bond donors (Lipinski definition) is 2. The van der Waals surface area contributed by atoms with Crippen LogP contribution in [0.5, 0.6) is 0 Å². The van der Waals surface area contributed by atoms with E-state index in [1.54, 1.807) is 6.20 Å². The summed E-state index contributed by atoms with van der Waals surface area (Å²) in [6.45, 7) is 10.6. The van der Waals surface area contributed by atoms with Gasteiger partial charge in [0.15, 0.2) is 0 Å². The molecule has 6 nitrogen and oxygen atoms in total. The highest BCUT2D eigenvalue weighted by atomic mass is 19.3. The zero-order valence-corrected chi connectivity index (χ0v) is 16.3. The summed E-state index contributed by atoms with van der Waals surface area (Å²) in [5.74, 6) is -2.56. The molecule has 2 amide bonds. The van der Waals surface area contributed by atoms with Crippen molar-refractivity contribution < 1.29 is 13.6 Å². The summed E-state index contributed by atoms with van der Waals surface area (Å²) in [5.41, 5.74) is -0.166. The number of halogens is 2. The van der Waals surface area contributed by atoms with E-state index in [9.17, 15) is 13.6 Å². The van der Waals surface area contributed by atoms with Crippen molar-refractivity contribution >= 4 is 11.8 Å². The van der Waals surface area contributed by atoms with E-state index < -0.39 is 23.3 Å². The van der Waals surface area contributed by atoms with Crippen LogP contribution in [0.25, 0.3) is 0 Å². The molecule has 2 aliphatic rings. The van der Waals surface area contributed by atoms with Crippen molar-refractivity contribution in [3.63, 3.8) is 0 Å². The first-order valence-electron chi connectivity index (χ1n) is 9.57. The standard InChI is InChI=1S/C19H29F2N5O/c1-4-25-7-9-26(10-8-25)16-6-5-14(11-22-16)12-23-17(27)24-13-15-18(2,3)19(15,20)21/h5-6,11,15H,4,7-10,12-13H2,1-3H3,(H2,23,24,27). The van der Waals surface area contributed by atoms with Crippen LogP contribution in [0.4, 0.5) is 19.4 Å². The van der Waals surface area contributed by atoms with Gasteiger partial charge in [0, 0.05) is 50.9 Å². The summed E-state index contributed by atoms with van der Waals surface area (Å²) in [7, 11) is 0. The number of pyridine rings is 1. The molecular weight excluding hydrogens is 352 g/mol. The largest absolute Gasteiger partial charge is 0.354 e. The maximum atomic E-state index is 13.5. The van der Waals surface area contributed by atoms with Crippen molar-refractivity contribution in [1.82, 2.24) is 20.5 Å². The molecule has 1 unspecified atom stereocenters. The smallest absolute Gasteiger partial charge is 0.315 e. The highest BCUT2D eigenvalue weighted by molar-refractivity contribution is 5.73. The van der Waals surface area contributed by atoms with Gasteiger partial charge in [0.05, 0.1) is 5.92 Å². The van der Waals surface area contributed by atoms with E-state index in [2.05, 4.69) is 32.3 Å². The third kappa shape index (κ3) is 4.15. The number of rotatable bonds is 6. The fourth-order valence-electron chi connectivity index (χ4n) is 3.58. The zero-order valence-electron chi connectivity index (χ0n) is 16.3. The van der Waals surface area contributed by atoms with Gasteiger partial charge in [0.2, 0.25) is 0 Å². The van der Waals surface area contributed by atoms with Crippen LogP contribution in [0.1, 0.15) is 26.3 Å². The Balaban J connectivity index is 1.41. The Labute approximate surface area is 159 Å². The summed E-state index contributed by atoms with van der Waals surface area (Å²) in [6.07, 6.45) is 1.75. The molecule has 1 aliphatic carbocycles. The average Bonchev–Trinajstić information content (AvgIpc) is 3.06. The summed E-state index contributed by atoms with van der Waals surface area (Å²) in [5, 5.41) is 5.23. The molecule has 0 spiro atoms. The zero-order chi connectivity index (χ0) is 19.7. The predicted molar refractivity (Wildman–Crippen MR) is 101 cm³/mol. The van der Waals surface area contributed by atoms with Crippen LogP contribution in [0.3, 0.4) is 0 Å². The highest BCUT2D eigenvalue weighted by Gasteiger charge is 2.74. The molecule has 0 aromatic carbocycles. The lowest BCUT2D eigenvalue weighted by Crippen LogP contribution is -2.46. The van der Waals surface area contributed by atoms with E-state index in [0.29, 0.717) is 6.54 Å². The molecule has 1 saturated carbocycles. The molecule has 8 heteroatoms. The van der Waals surface area contributed by atoms with Gasteiger partial charge in [0.25, 0.3) is 5.92 Å². The number of aromatic nitrogens is 1. The fourth-order valence-corrected chi connectivity index (χ4v) is 3.58.